The summed E-state index contributed by atoms with van der Waals surface area (Å²) < 4.78 is 24.4. The molecule has 2 rings (SSSR count). The van der Waals surface area contributed by atoms with Crippen LogP contribution in [-0.2, 0) is 0 Å². The summed E-state index contributed by atoms with van der Waals surface area (Å²) in [5.41, 5.74) is 0. The average molecular weight is 169 g/mol. The minimum absolute atomic E-state index is 0.0906. The Labute approximate surface area is 81.0 Å². The number of rotatable bonds is 0. The number of hydrogen-bond donors (Lipinski definition) is 0. The van der Waals surface area contributed by atoms with Crippen molar-refractivity contribution in [2.75, 3.05) is 0 Å². The summed E-state index contributed by atoms with van der Waals surface area (Å²) in [5.74, 6) is 1.35. The van der Waals surface area contributed by atoms with E-state index in [0.29, 0.717) is 5.92 Å². The average Bonchev–Trinajstić information content (AvgIpc) is 2.14. The fourth-order valence-corrected chi connectivity index (χ4v) is 2.76. The molecule has 0 N–H and O–H groups in total. The van der Waals surface area contributed by atoms with E-state index in [4.69, 9.17) is 4.11 Å². The first-order chi connectivity index (χ1) is 6.93. The first-order valence-corrected chi connectivity index (χ1v) is 5.35. The molecule has 0 heteroatoms. The summed E-state index contributed by atoms with van der Waals surface area (Å²) in [6, 6.07) is 0. The zero-order valence-corrected chi connectivity index (χ0v) is 8.22. The Morgan fingerprint density at radius 1 is 1.00 bits per heavy atom. The molecule has 70 valence electrons. The molecule has 2 saturated carbocycles. The van der Waals surface area contributed by atoms with Crippen LogP contribution < -0.4 is 0 Å². The maximum atomic E-state index is 8.20. The van der Waals surface area contributed by atoms with Gasteiger partial charge in [-0.2, -0.15) is 0 Å². The highest BCUT2D eigenvalue weighted by Gasteiger charge is 2.32. The van der Waals surface area contributed by atoms with Gasteiger partial charge in [0.2, 0.25) is 0 Å². The molecule has 0 heterocycles. The summed E-state index contributed by atoms with van der Waals surface area (Å²) >= 11 is 0. The van der Waals surface area contributed by atoms with E-state index in [1.54, 1.807) is 0 Å². The van der Waals surface area contributed by atoms with Crippen LogP contribution in [0, 0.1) is 23.7 Å². The molecule has 0 aliphatic heterocycles. The van der Waals surface area contributed by atoms with Gasteiger partial charge in [-0.25, -0.2) is 0 Å². The van der Waals surface area contributed by atoms with Gasteiger partial charge < -0.3 is 0 Å². The van der Waals surface area contributed by atoms with Crippen LogP contribution in [0.1, 0.15) is 56.4 Å². The fourth-order valence-electron chi connectivity index (χ4n) is 2.76. The van der Waals surface area contributed by atoms with Gasteiger partial charge in [0.1, 0.15) is 0 Å². The zero-order valence-electron chi connectivity index (χ0n) is 11.2. The Balaban J connectivity index is 2.18. The maximum Gasteiger partial charge on any atom is 0.0272 e. The molecule has 0 amide bonds. The highest BCUT2D eigenvalue weighted by Crippen LogP contribution is 2.44. The molecular formula is C12H22. The van der Waals surface area contributed by atoms with E-state index in [1.165, 1.54) is 6.42 Å². The molecule has 2 aliphatic carbocycles. The third kappa shape index (κ3) is 1.67. The van der Waals surface area contributed by atoms with Crippen molar-refractivity contribution in [2.24, 2.45) is 23.7 Å². The molecule has 5 unspecified atom stereocenters. The maximum absolute atomic E-state index is 8.20. The number of hydrogen-bond acceptors (Lipinski definition) is 0. The summed E-state index contributed by atoms with van der Waals surface area (Å²) in [4.78, 5) is 0. The molecule has 0 spiro atoms. The quantitative estimate of drug-likeness (QED) is 0.516. The van der Waals surface area contributed by atoms with Crippen LogP contribution in [0.4, 0.5) is 0 Å². The Morgan fingerprint density at radius 2 is 1.83 bits per heavy atom. The summed E-state index contributed by atoms with van der Waals surface area (Å²) in [7, 11) is 0. The second-order valence-electron chi connectivity index (χ2n) is 4.71. The van der Waals surface area contributed by atoms with Gasteiger partial charge in [-0.05, 0) is 49.3 Å². The standard InChI is InChI=1S/C12H22/c1-9-3-5-12-8-10(2)4-6-11(12)7-9/h9-12H,3-8H2,1-2H3/i3D,7D2. The van der Waals surface area contributed by atoms with Gasteiger partial charge in [0.15, 0.2) is 0 Å². The van der Waals surface area contributed by atoms with Crippen molar-refractivity contribution in [3.05, 3.63) is 0 Å². The molecule has 0 saturated heterocycles. The molecule has 0 bridgehead atoms. The van der Waals surface area contributed by atoms with Gasteiger partial charge in [-0.3, -0.25) is 0 Å². The predicted molar refractivity (Wildman–Crippen MR) is 53.0 cm³/mol. The van der Waals surface area contributed by atoms with Gasteiger partial charge in [0.05, 0.1) is 0 Å². The highest BCUT2D eigenvalue weighted by atomic mass is 14.4. The molecule has 0 aromatic heterocycles. The molecule has 2 fully saturated rings. The molecule has 2 aliphatic rings. The third-order valence-corrected chi connectivity index (χ3v) is 3.51. The summed E-state index contributed by atoms with van der Waals surface area (Å²) in [6.07, 6.45) is 3.00. The van der Waals surface area contributed by atoms with Crippen LogP contribution in [-0.4, -0.2) is 0 Å². The normalized spacial score (nSPS) is 62.5. The molecular weight excluding hydrogens is 144 g/mol. The van der Waals surface area contributed by atoms with E-state index in [1.807, 2.05) is 6.92 Å². The minimum atomic E-state index is -1.10. The first kappa shape index (κ1) is 5.67. The van der Waals surface area contributed by atoms with Gasteiger partial charge >= 0.3 is 0 Å². The van der Waals surface area contributed by atoms with Crippen molar-refractivity contribution >= 4 is 0 Å². The van der Waals surface area contributed by atoms with Crippen molar-refractivity contribution in [2.45, 2.75) is 52.3 Å². The van der Waals surface area contributed by atoms with Crippen LogP contribution >= 0.6 is 0 Å². The minimum Gasteiger partial charge on any atom is -0.0625 e. The monoisotopic (exact) mass is 169 g/mol. The predicted octanol–water partition coefficient (Wildman–Crippen LogP) is 3.86. The summed E-state index contributed by atoms with van der Waals surface area (Å²) in [6.45, 7) is 4.19. The molecule has 0 aromatic rings. The van der Waals surface area contributed by atoms with E-state index in [9.17, 15) is 0 Å². The van der Waals surface area contributed by atoms with Gasteiger partial charge in [-0.15, -0.1) is 0 Å². The van der Waals surface area contributed by atoms with E-state index >= 15 is 0 Å². The molecule has 5 atom stereocenters. The van der Waals surface area contributed by atoms with Crippen molar-refractivity contribution in [1.82, 2.24) is 0 Å². The Kier molecular flexibility index (Phi) is 1.60. The van der Waals surface area contributed by atoms with E-state index in [0.717, 1.165) is 25.2 Å². The SMILES string of the molecule is [2H]C1CC2CC(C)CCC2C([2H])([2H])C1C. The van der Waals surface area contributed by atoms with Crippen LogP contribution in [0.5, 0.6) is 0 Å². The van der Waals surface area contributed by atoms with Gasteiger partial charge in [0.25, 0.3) is 0 Å². The highest BCUT2D eigenvalue weighted by molar-refractivity contribution is 4.83. The molecule has 0 nitrogen and oxygen atoms in total. The molecule has 0 aromatic carbocycles. The Morgan fingerprint density at radius 3 is 2.67 bits per heavy atom. The lowest BCUT2D eigenvalue weighted by Crippen LogP contribution is -2.29. The lowest BCUT2D eigenvalue weighted by atomic mass is 9.65. The smallest absolute Gasteiger partial charge is 0.0272 e. The molecule has 12 heavy (non-hydrogen) atoms. The van der Waals surface area contributed by atoms with Crippen LogP contribution in [0.15, 0.2) is 0 Å². The van der Waals surface area contributed by atoms with E-state index in [-0.39, 0.29) is 18.2 Å². The molecule has 0 radical (unpaired) electrons. The third-order valence-electron chi connectivity index (χ3n) is 3.51. The van der Waals surface area contributed by atoms with Gasteiger partial charge in [-0.1, -0.05) is 26.7 Å². The van der Waals surface area contributed by atoms with Crippen molar-refractivity contribution in [1.29, 1.82) is 0 Å². The van der Waals surface area contributed by atoms with Crippen LogP contribution in [0.2, 0.25) is 0 Å². The lowest BCUT2D eigenvalue weighted by molar-refractivity contribution is 0.109. The van der Waals surface area contributed by atoms with Crippen LogP contribution in [0.3, 0.4) is 0 Å². The van der Waals surface area contributed by atoms with Gasteiger partial charge in [0, 0.05) is 4.11 Å². The second-order valence-corrected chi connectivity index (χ2v) is 4.71. The fraction of sp³-hybridized carbons (Fsp3) is 1.00. The van der Waals surface area contributed by atoms with Crippen LogP contribution in [0.25, 0.3) is 0 Å². The van der Waals surface area contributed by atoms with Crippen molar-refractivity contribution in [3.8, 4) is 0 Å². The topological polar surface area (TPSA) is 0 Å². The van der Waals surface area contributed by atoms with E-state index < -0.39 is 6.37 Å². The number of fused-ring (bicyclic) bond motifs is 1. The Hall–Kier alpha value is 0. The first-order valence-electron chi connectivity index (χ1n) is 6.93. The van der Waals surface area contributed by atoms with Crippen molar-refractivity contribution in [3.63, 3.8) is 0 Å². The van der Waals surface area contributed by atoms with E-state index in [2.05, 4.69) is 6.92 Å². The second kappa shape index (κ2) is 3.40. The largest absolute Gasteiger partial charge is 0.0625 e. The Bertz CT molecular complexity index is 239. The summed E-state index contributed by atoms with van der Waals surface area (Å²) in [5, 5.41) is 0. The zero-order chi connectivity index (χ0) is 11.2. The lowest BCUT2D eigenvalue weighted by Gasteiger charge is -2.40. The van der Waals surface area contributed by atoms with Crippen molar-refractivity contribution < 1.29 is 4.11 Å².